The van der Waals surface area contributed by atoms with E-state index in [4.69, 9.17) is 0 Å². The highest BCUT2D eigenvalue weighted by Crippen LogP contribution is 2.45. The number of hydrogen-bond acceptors (Lipinski definition) is 0. The molecule has 0 saturated heterocycles. The molecule has 0 saturated carbocycles. The van der Waals surface area contributed by atoms with E-state index < -0.39 is 29.0 Å². The van der Waals surface area contributed by atoms with E-state index in [1.165, 1.54) is 29.8 Å². The highest BCUT2D eigenvalue weighted by Gasteiger charge is 2.44. The topological polar surface area (TPSA) is 0 Å². The summed E-state index contributed by atoms with van der Waals surface area (Å²) in [6.07, 6.45) is -8.24. The van der Waals surface area contributed by atoms with E-state index in [2.05, 4.69) is 19.1 Å². The van der Waals surface area contributed by atoms with Crippen LogP contribution >= 0.6 is 0 Å². The van der Waals surface area contributed by atoms with E-state index in [1.807, 2.05) is 25.1 Å². The molecule has 0 fully saturated rings. The molecule has 215 valence electrons. The first-order valence-electron chi connectivity index (χ1n) is 13.4. The van der Waals surface area contributed by atoms with E-state index in [0.29, 0.717) is 18.1 Å². The van der Waals surface area contributed by atoms with Crippen molar-refractivity contribution in [2.45, 2.75) is 57.3 Å². The molecule has 0 aliphatic rings. The number of halogens is 7. The molecule has 1 radical (unpaired) electrons. The Morgan fingerprint density at radius 2 is 1.29 bits per heavy atom. The smallest absolute Gasteiger partial charge is 0.207 e. The summed E-state index contributed by atoms with van der Waals surface area (Å²) in [5.74, 6) is 0.822. The quantitative estimate of drug-likeness (QED) is 0.175. The Balaban J connectivity index is 1.63. The molecule has 0 aromatic heterocycles. The molecular weight excluding hydrogens is 541 g/mol. The molecule has 0 heterocycles. The first-order chi connectivity index (χ1) is 19.3. The lowest BCUT2D eigenvalue weighted by molar-refractivity contribution is -0.161. The third-order valence-electron chi connectivity index (χ3n) is 7.47. The van der Waals surface area contributed by atoms with Crippen molar-refractivity contribution in [2.24, 2.45) is 0 Å². The van der Waals surface area contributed by atoms with E-state index in [0.717, 1.165) is 36.5 Å². The zero-order valence-electron chi connectivity index (χ0n) is 22.7. The highest BCUT2D eigenvalue weighted by atomic mass is 19.4. The van der Waals surface area contributed by atoms with Gasteiger partial charge in [0.15, 0.2) is 0 Å². The van der Waals surface area contributed by atoms with Crippen LogP contribution in [0.3, 0.4) is 0 Å². The van der Waals surface area contributed by atoms with Crippen LogP contribution in [0.1, 0.15) is 72.8 Å². The molecule has 7 heteroatoms. The molecule has 2 unspecified atom stereocenters. The van der Waals surface area contributed by atoms with Crippen molar-refractivity contribution in [1.29, 1.82) is 0 Å². The average molecular weight is 572 g/mol. The second-order valence-electron chi connectivity index (χ2n) is 10.4. The van der Waals surface area contributed by atoms with Gasteiger partial charge in [-0.1, -0.05) is 92.7 Å². The summed E-state index contributed by atoms with van der Waals surface area (Å²) in [7, 11) is 0. The first-order valence-corrected chi connectivity index (χ1v) is 13.4. The molecule has 0 aliphatic heterocycles. The molecule has 41 heavy (non-hydrogen) atoms. The van der Waals surface area contributed by atoms with Gasteiger partial charge in [-0.05, 0) is 77.1 Å². The molecule has 0 aliphatic carbocycles. The van der Waals surface area contributed by atoms with Crippen LogP contribution in [0.5, 0.6) is 0 Å². The summed E-state index contributed by atoms with van der Waals surface area (Å²) in [5.41, 5.74) is -1.07. The van der Waals surface area contributed by atoms with Crippen LogP contribution in [0.2, 0.25) is 0 Å². The Hall–Kier alpha value is -3.61. The molecule has 0 nitrogen and oxygen atoms in total. The van der Waals surface area contributed by atoms with Crippen molar-refractivity contribution in [3.63, 3.8) is 0 Å². The first kappa shape index (κ1) is 30.4. The predicted molar refractivity (Wildman–Crippen MR) is 148 cm³/mol. The van der Waals surface area contributed by atoms with Crippen LogP contribution in [-0.4, -0.2) is 0 Å². The monoisotopic (exact) mass is 571 g/mol. The minimum absolute atomic E-state index is 0.0637. The van der Waals surface area contributed by atoms with Crippen molar-refractivity contribution in [3.05, 3.63) is 137 Å². The van der Waals surface area contributed by atoms with Gasteiger partial charge in [0.1, 0.15) is 5.82 Å². The zero-order valence-corrected chi connectivity index (χ0v) is 22.7. The summed E-state index contributed by atoms with van der Waals surface area (Å²) >= 11 is 0. The van der Waals surface area contributed by atoms with Crippen LogP contribution in [0, 0.1) is 11.7 Å². The van der Waals surface area contributed by atoms with Gasteiger partial charge in [0, 0.05) is 5.92 Å². The summed E-state index contributed by atoms with van der Waals surface area (Å²) in [4.78, 5) is 0. The fourth-order valence-electron chi connectivity index (χ4n) is 5.22. The fourth-order valence-corrected chi connectivity index (χ4v) is 5.22. The molecule has 0 bridgehead atoms. The van der Waals surface area contributed by atoms with Crippen molar-refractivity contribution in [1.82, 2.24) is 0 Å². The normalized spacial score (nSPS) is 13.8. The maximum absolute atomic E-state index is 13.9. The standard InChI is InChI=1S/C34H30F7/c1-22(24-8-4-3-5-9-24)14-15-27(25-16-18-29(35)19-17-25)20-23(2)26-10-6-11-28(21-26)30-12-7-13-31(33(36,37)38)32(30)34(39,40)41/h3-13,16-19,21-23H,14-15,20H2,1-2H3. The van der Waals surface area contributed by atoms with Gasteiger partial charge in [-0.3, -0.25) is 0 Å². The second kappa shape index (κ2) is 12.5. The average Bonchev–Trinajstić information content (AvgIpc) is 2.94. The maximum atomic E-state index is 13.9. The maximum Gasteiger partial charge on any atom is 0.417 e. The van der Waals surface area contributed by atoms with Gasteiger partial charge in [-0.25, -0.2) is 4.39 Å². The van der Waals surface area contributed by atoms with Gasteiger partial charge in [0.05, 0.1) is 11.1 Å². The molecule has 0 N–H and O–H groups in total. The van der Waals surface area contributed by atoms with Crippen LogP contribution in [0.25, 0.3) is 11.1 Å². The van der Waals surface area contributed by atoms with Gasteiger partial charge in [-0.15, -0.1) is 0 Å². The Bertz CT molecular complexity index is 1420. The van der Waals surface area contributed by atoms with Gasteiger partial charge in [0.2, 0.25) is 0 Å². The lowest BCUT2D eigenvalue weighted by Gasteiger charge is -2.24. The number of hydrogen-bond donors (Lipinski definition) is 0. The Kier molecular flexibility index (Phi) is 9.25. The summed E-state index contributed by atoms with van der Waals surface area (Å²) in [5, 5.41) is 0. The van der Waals surface area contributed by atoms with E-state index >= 15 is 0 Å². The van der Waals surface area contributed by atoms with Gasteiger partial charge in [0.25, 0.3) is 0 Å². The van der Waals surface area contributed by atoms with Crippen molar-refractivity contribution in [3.8, 4) is 11.1 Å². The van der Waals surface area contributed by atoms with Gasteiger partial charge in [-0.2, -0.15) is 26.3 Å². The Labute approximate surface area is 235 Å². The predicted octanol–water partition coefficient (Wildman–Crippen LogP) is 11.2. The minimum Gasteiger partial charge on any atom is -0.207 e. The third-order valence-corrected chi connectivity index (χ3v) is 7.47. The van der Waals surface area contributed by atoms with E-state index in [9.17, 15) is 30.7 Å². The molecular formula is C34H30F7. The van der Waals surface area contributed by atoms with Crippen molar-refractivity contribution >= 4 is 0 Å². The molecule has 4 rings (SSSR count). The lowest BCUT2D eigenvalue weighted by atomic mass is 9.81. The van der Waals surface area contributed by atoms with E-state index in [-0.39, 0.29) is 23.2 Å². The number of alkyl halides is 6. The van der Waals surface area contributed by atoms with Crippen molar-refractivity contribution in [2.75, 3.05) is 0 Å². The number of benzene rings is 4. The van der Waals surface area contributed by atoms with Crippen LogP contribution in [0.4, 0.5) is 30.7 Å². The summed E-state index contributed by atoms with van der Waals surface area (Å²) in [6.45, 7) is 4.07. The Morgan fingerprint density at radius 3 is 1.93 bits per heavy atom. The molecule has 0 amide bonds. The molecule has 4 aromatic rings. The SMILES string of the molecule is CC(CC[C](CC(C)c1cccc(-c2cccc(C(F)(F)F)c2C(F)(F)F)c1)c1ccc(F)cc1)c1ccccc1. The lowest BCUT2D eigenvalue weighted by Crippen LogP contribution is -2.17. The second-order valence-corrected chi connectivity index (χ2v) is 10.4. The van der Waals surface area contributed by atoms with Crippen LogP contribution in [0.15, 0.2) is 97.1 Å². The molecule has 2 atom stereocenters. The molecule has 0 spiro atoms. The summed E-state index contributed by atoms with van der Waals surface area (Å²) in [6, 6.07) is 25.1. The minimum atomic E-state index is -5.19. The zero-order chi connectivity index (χ0) is 29.8. The third kappa shape index (κ3) is 7.57. The van der Waals surface area contributed by atoms with Gasteiger partial charge >= 0.3 is 12.4 Å². The highest BCUT2D eigenvalue weighted by molar-refractivity contribution is 5.70. The summed E-state index contributed by atoms with van der Waals surface area (Å²) < 4.78 is 96.0. The van der Waals surface area contributed by atoms with Crippen LogP contribution in [-0.2, 0) is 12.4 Å². The Morgan fingerprint density at radius 1 is 0.659 bits per heavy atom. The van der Waals surface area contributed by atoms with Gasteiger partial charge < -0.3 is 0 Å². The largest absolute Gasteiger partial charge is 0.417 e. The number of rotatable bonds is 9. The van der Waals surface area contributed by atoms with Crippen molar-refractivity contribution < 1.29 is 30.7 Å². The molecule has 4 aromatic carbocycles. The fraction of sp³-hybridized carbons (Fsp3) is 0.265. The van der Waals surface area contributed by atoms with E-state index in [1.54, 1.807) is 24.3 Å². The van der Waals surface area contributed by atoms with Crippen LogP contribution < -0.4 is 0 Å².